The molecule has 3 heterocycles. The molecule has 2 aromatic heterocycles. The predicted octanol–water partition coefficient (Wildman–Crippen LogP) is 4.55. The first-order valence-electron chi connectivity index (χ1n) is 10.1. The molecule has 1 aliphatic heterocycles. The lowest BCUT2D eigenvalue weighted by Gasteiger charge is -2.25. The van der Waals surface area contributed by atoms with Crippen LogP contribution >= 0.6 is 34.7 Å². The SMILES string of the molecule is C=CCn1c(SCC(=O)Nc2ccc(F)cc2Cl)nc2nc(N3CCCCC3)sc2c1=O. The van der Waals surface area contributed by atoms with Crippen LogP contribution < -0.4 is 15.8 Å². The fourth-order valence-corrected chi connectivity index (χ4v) is 5.42. The Kier molecular flexibility index (Phi) is 7.12. The van der Waals surface area contributed by atoms with E-state index in [9.17, 15) is 14.0 Å². The monoisotopic (exact) mass is 493 g/mol. The molecule has 7 nitrogen and oxygen atoms in total. The number of halogens is 2. The summed E-state index contributed by atoms with van der Waals surface area (Å²) in [4.78, 5) is 36.9. The van der Waals surface area contributed by atoms with Gasteiger partial charge in [0.2, 0.25) is 5.91 Å². The Labute approximate surface area is 197 Å². The molecule has 4 rings (SSSR count). The van der Waals surface area contributed by atoms with E-state index in [2.05, 4.69) is 26.8 Å². The Morgan fingerprint density at radius 1 is 1.31 bits per heavy atom. The normalized spacial score (nSPS) is 14.0. The molecule has 1 aromatic carbocycles. The van der Waals surface area contributed by atoms with Gasteiger partial charge in [-0.25, -0.2) is 9.37 Å². The van der Waals surface area contributed by atoms with Crippen LogP contribution in [0.15, 0.2) is 40.8 Å². The third-order valence-electron chi connectivity index (χ3n) is 4.95. The molecular weight excluding hydrogens is 473 g/mol. The molecule has 3 aromatic rings. The van der Waals surface area contributed by atoms with Gasteiger partial charge in [0.05, 0.1) is 16.5 Å². The third-order valence-corrected chi connectivity index (χ3v) is 7.33. The molecule has 0 unspecified atom stereocenters. The quantitative estimate of drug-likeness (QED) is 0.295. The van der Waals surface area contributed by atoms with E-state index < -0.39 is 5.82 Å². The summed E-state index contributed by atoms with van der Waals surface area (Å²) in [5.74, 6) is -0.845. The maximum Gasteiger partial charge on any atom is 0.274 e. The molecule has 1 aliphatic rings. The lowest BCUT2D eigenvalue weighted by Crippen LogP contribution is -2.29. The summed E-state index contributed by atoms with van der Waals surface area (Å²) in [5, 5.41) is 3.95. The van der Waals surface area contributed by atoms with E-state index in [1.54, 1.807) is 6.08 Å². The van der Waals surface area contributed by atoms with Crippen LogP contribution in [-0.2, 0) is 11.3 Å². The topological polar surface area (TPSA) is 80.1 Å². The van der Waals surface area contributed by atoms with Crippen molar-refractivity contribution >= 4 is 61.8 Å². The lowest BCUT2D eigenvalue weighted by atomic mass is 10.1. The highest BCUT2D eigenvalue weighted by Crippen LogP contribution is 2.29. The Hall–Kier alpha value is -2.43. The highest BCUT2D eigenvalue weighted by atomic mass is 35.5. The number of amides is 1. The number of carbonyl (C=O) groups excluding carboxylic acids is 1. The third kappa shape index (κ3) is 4.97. The minimum absolute atomic E-state index is 0.00802. The fraction of sp³-hybridized carbons (Fsp3) is 0.333. The Morgan fingerprint density at radius 2 is 2.09 bits per heavy atom. The lowest BCUT2D eigenvalue weighted by molar-refractivity contribution is -0.113. The number of hydrogen-bond donors (Lipinski definition) is 1. The van der Waals surface area contributed by atoms with E-state index >= 15 is 0 Å². The second-order valence-corrected chi connectivity index (χ2v) is 9.58. The van der Waals surface area contributed by atoms with Crippen LogP contribution in [0.2, 0.25) is 5.02 Å². The number of nitrogens with zero attached hydrogens (tertiary/aromatic N) is 4. The van der Waals surface area contributed by atoms with Crippen LogP contribution in [0, 0.1) is 5.82 Å². The van der Waals surface area contributed by atoms with Gasteiger partial charge >= 0.3 is 0 Å². The van der Waals surface area contributed by atoms with Crippen molar-refractivity contribution in [2.45, 2.75) is 31.0 Å². The minimum atomic E-state index is -0.486. The molecule has 168 valence electrons. The second kappa shape index (κ2) is 10.0. The molecule has 0 radical (unpaired) electrons. The molecule has 0 spiro atoms. The zero-order valence-corrected chi connectivity index (χ0v) is 19.5. The molecule has 0 bridgehead atoms. The van der Waals surface area contributed by atoms with E-state index in [0.29, 0.717) is 21.2 Å². The maximum absolute atomic E-state index is 13.2. The number of fused-ring (bicyclic) bond motifs is 1. The van der Waals surface area contributed by atoms with Crippen molar-refractivity contribution in [3.8, 4) is 0 Å². The summed E-state index contributed by atoms with van der Waals surface area (Å²) in [6.07, 6.45) is 5.04. The highest BCUT2D eigenvalue weighted by molar-refractivity contribution is 7.99. The average Bonchev–Trinajstić information content (AvgIpc) is 3.22. The number of carbonyl (C=O) groups is 1. The summed E-state index contributed by atoms with van der Waals surface area (Å²) < 4.78 is 15.2. The summed E-state index contributed by atoms with van der Waals surface area (Å²) in [5.41, 5.74) is 0.516. The van der Waals surface area contributed by atoms with Gasteiger partial charge in [-0.15, -0.1) is 6.58 Å². The Morgan fingerprint density at radius 3 is 2.81 bits per heavy atom. The van der Waals surface area contributed by atoms with Crippen LogP contribution in [0.3, 0.4) is 0 Å². The van der Waals surface area contributed by atoms with Gasteiger partial charge in [0, 0.05) is 19.6 Å². The van der Waals surface area contributed by atoms with Gasteiger partial charge in [0.15, 0.2) is 15.9 Å². The number of anilines is 2. The number of hydrogen-bond acceptors (Lipinski definition) is 7. The van der Waals surface area contributed by atoms with Gasteiger partial charge in [0.1, 0.15) is 10.5 Å². The highest BCUT2D eigenvalue weighted by Gasteiger charge is 2.20. The maximum atomic E-state index is 13.2. The van der Waals surface area contributed by atoms with Gasteiger partial charge in [-0.1, -0.05) is 40.8 Å². The van der Waals surface area contributed by atoms with Gasteiger partial charge in [-0.05, 0) is 37.5 Å². The second-order valence-electron chi connectivity index (χ2n) is 7.26. The smallest absolute Gasteiger partial charge is 0.274 e. The molecule has 32 heavy (non-hydrogen) atoms. The van der Waals surface area contributed by atoms with Crippen LogP contribution in [0.4, 0.5) is 15.2 Å². The largest absolute Gasteiger partial charge is 0.348 e. The van der Waals surface area contributed by atoms with Crippen molar-refractivity contribution in [3.63, 3.8) is 0 Å². The molecular formula is C21H21ClFN5O2S2. The van der Waals surface area contributed by atoms with Crippen molar-refractivity contribution in [2.75, 3.05) is 29.1 Å². The molecule has 0 atom stereocenters. The zero-order chi connectivity index (χ0) is 22.7. The molecule has 0 aliphatic carbocycles. The van der Waals surface area contributed by atoms with E-state index in [1.165, 1.54) is 34.5 Å². The van der Waals surface area contributed by atoms with Gasteiger partial charge in [-0.2, -0.15) is 4.98 Å². The Balaban J connectivity index is 1.56. The summed E-state index contributed by atoms with van der Waals surface area (Å²) in [7, 11) is 0. The molecule has 1 amide bonds. The van der Waals surface area contributed by atoms with Crippen molar-refractivity contribution in [1.29, 1.82) is 0 Å². The Bertz CT molecular complexity index is 1220. The van der Waals surface area contributed by atoms with Crippen molar-refractivity contribution in [2.24, 2.45) is 0 Å². The number of thioether (sulfide) groups is 1. The summed E-state index contributed by atoms with van der Waals surface area (Å²) in [6.45, 7) is 5.84. The first kappa shape index (κ1) is 22.8. The summed E-state index contributed by atoms with van der Waals surface area (Å²) in [6, 6.07) is 3.74. The number of benzene rings is 1. The zero-order valence-electron chi connectivity index (χ0n) is 17.1. The van der Waals surface area contributed by atoms with Crippen LogP contribution in [0.1, 0.15) is 19.3 Å². The van der Waals surface area contributed by atoms with E-state index in [0.717, 1.165) is 48.9 Å². The van der Waals surface area contributed by atoms with E-state index in [-0.39, 0.29) is 28.8 Å². The molecule has 1 N–H and O–H groups in total. The van der Waals surface area contributed by atoms with E-state index in [4.69, 9.17) is 11.6 Å². The van der Waals surface area contributed by atoms with Crippen LogP contribution in [0.5, 0.6) is 0 Å². The number of thiazole rings is 1. The van der Waals surface area contributed by atoms with Crippen LogP contribution in [0.25, 0.3) is 10.3 Å². The van der Waals surface area contributed by atoms with Crippen molar-refractivity contribution in [1.82, 2.24) is 14.5 Å². The van der Waals surface area contributed by atoms with Crippen LogP contribution in [-0.4, -0.2) is 39.3 Å². The summed E-state index contributed by atoms with van der Waals surface area (Å²) >= 11 is 8.45. The standard InChI is InChI=1S/C21H21ClFN5O2S2/c1-2-8-28-19(30)17-18(25-20(32-17)27-9-4-3-5-10-27)26-21(28)31-12-16(29)24-15-7-6-13(23)11-14(15)22/h2,6-7,11H,1,3-5,8-10,12H2,(H,24,29). The van der Waals surface area contributed by atoms with Gasteiger partial charge < -0.3 is 10.2 Å². The van der Waals surface area contributed by atoms with Crippen molar-refractivity contribution in [3.05, 3.63) is 52.0 Å². The number of nitrogens with one attached hydrogen (secondary N) is 1. The number of rotatable bonds is 7. The first-order valence-corrected chi connectivity index (χ1v) is 12.3. The molecule has 1 saturated heterocycles. The average molecular weight is 494 g/mol. The van der Waals surface area contributed by atoms with Crippen molar-refractivity contribution < 1.29 is 9.18 Å². The number of aromatic nitrogens is 3. The number of allylic oxidation sites excluding steroid dienone is 1. The molecule has 0 saturated carbocycles. The minimum Gasteiger partial charge on any atom is -0.348 e. The van der Waals surface area contributed by atoms with E-state index in [1.807, 2.05) is 0 Å². The molecule has 11 heteroatoms. The number of piperidine rings is 1. The fourth-order valence-electron chi connectivity index (χ4n) is 3.40. The predicted molar refractivity (Wildman–Crippen MR) is 129 cm³/mol. The first-order chi connectivity index (χ1) is 15.5. The molecule has 1 fully saturated rings. The van der Waals surface area contributed by atoms with Gasteiger partial charge in [0.25, 0.3) is 5.56 Å². The van der Waals surface area contributed by atoms with Gasteiger partial charge in [-0.3, -0.25) is 14.2 Å².